The van der Waals surface area contributed by atoms with E-state index in [1.807, 2.05) is 0 Å². The normalized spacial score (nSPS) is 23.3. The van der Waals surface area contributed by atoms with Gasteiger partial charge in [0.1, 0.15) is 0 Å². The summed E-state index contributed by atoms with van der Waals surface area (Å²) in [4.78, 5) is 12.3. The van der Waals surface area contributed by atoms with Crippen LogP contribution in [0.3, 0.4) is 0 Å². The molecule has 0 bridgehead atoms. The first-order valence-corrected chi connectivity index (χ1v) is 7.51. The van der Waals surface area contributed by atoms with Gasteiger partial charge < -0.3 is 11.1 Å². The van der Waals surface area contributed by atoms with Crippen molar-refractivity contribution in [3.8, 4) is 0 Å². The first-order chi connectivity index (χ1) is 10.3. The minimum Gasteiger partial charge on any atom is -0.349 e. The summed E-state index contributed by atoms with van der Waals surface area (Å²) in [6, 6.07) is 4.65. The van der Waals surface area contributed by atoms with Crippen LogP contribution in [-0.2, 0) is 11.0 Å². The molecule has 0 heterocycles. The zero-order valence-corrected chi connectivity index (χ0v) is 12.5. The second-order valence-electron chi connectivity index (χ2n) is 5.85. The number of nitrogens with one attached hydrogen (secondary N) is 1. The molecule has 1 saturated carbocycles. The fourth-order valence-corrected chi connectivity index (χ4v) is 3.20. The second kappa shape index (κ2) is 6.69. The van der Waals surface area contributed by atoms with E-state index >= 15 is 0 Å². The molecule has 3 N–H and O–H groups in total. The highest BCUT2D eigenvalue weighted by molar-refractivity contribution is 5.79. The van der Waals surface area contributed by atoms with Crippen LogP contribution in [0, 0.1) is 11.8 Å². The maximum Gasteiger partial charge on any atom is 0.416 e. The summed E-state index contributed by atoms with van der Waals surface area (Å²) in [7, 11) is 0. The van der Waals surface area contributed by atoms with Crippen LogP contribution < -0.4 is 11.1 Å². The third-order valence-corrected chi connectivity index (χ3v) is 4.39. The number of alkyl halides is 3. The Morgan fingerprint density at radius 1 is 1.36 bits per heavy atom. The summed E-state index contributed by atoms with van der Waals surface area (Å²) >= 11 is 0. The van der Waals surface area contributed by atoms with Crippen molar-refractivity contribution in [3.05, 3.63) is 35.4 Å². The molecule has 22 heavy (non-hydrogen) atoms. The molecule has 6 heteroatoms. The Balaban J connectivity index is 2.13. The third-order valence-electron chi connectivity index (χ3n) is 4.39. The van der Waals surface area contributed by atoms with Crippen molar-refractivity contribution in [3.63, 3.8) is 0 Å². The van der Waals surface area contributed by atoms with Crippen LogP contribution in [0.1, 0.15) is 43.4 Å². The fourth-order valence-electron chi connectivity index (χ4n) is 3.20. The molecule has 2 rings (SSSR count). The van der Waals surface area contributed by atoms with Crippen LogP contribution in [0.2, 0.25) is 0 Å². The molecule has 122 valence electrons. The predicted octanol–water partition coefficient (Wildman–Crippen LogP) is 3.26. The minimum atomic E-state index is -4.43. The van der Waals surface area contributed by atoms with Crippen LogP contribution in [0.25, 0.3) is 0 Å². The molecule has 3 nitrogen and oxygen atoms in total. The van der Waals surface area contributed by atoms with E-state index < -0.39 is 17.8 Å². The molecule has 1 aromatic rings. The Morgan fingerprint density at radius 2 is 2.05 bits per heavy atom. The number of hydrogen-bond donors (Lipinski definition) is 2. The largest absolute Gasteiger partial charge is 0.416 e. The SMILES string of the molecule is CC(NC(=O)[C@@H]1CCC[C@@H]1CN)c1ccccc1C(F)(F)F. The lowest BCUT2D eigenvalue weighted by Gasteiger charge is -2.23. The number of carbonyl (C=O) groups excluding carboxylic acids is 1. The van der Waals surface area contributed by atoms with Gasteiger partial charge in [0.2, 0.25) is 5.91 Å². The van der Waals surface area contributed by atoms with Gasteiger partial charge in [-0.25, -0.2) is 0 Å². The van der Waals surface area contributed by atoms with Gasteiger partial charge in [-0.1, -0.05) is 24.6 Å². The van der Waals surface area contributed by atoms with Gasteiger partial charge in [0.05, 0.1) is 11.6 Å². The molecule has 0 aliphatic heterocycles. The molecule has 0 aromatic heterocycles. The summed E-state index contributed by atoms with van der Waals surface area (Å²) in [5, 5.41) is 2.72. The highest BCUT2D eigenvalue weighted by Crippen LogP contribution is 2.35. The standard InChI is InChI=1S/C16H21F3N2O/c1-10(12-6-2-3-8-14(12)16(17,18)19)21-15(22)13-7-4-5-11(13)9-20/h2-3,6,8,10-11,13H,4-5,7,9,20H2,1H3,(H,21,22)/t10?,11-,13-/m1/s1. The number of rotatable bonds is 4. The van der Waals surface area contributed by atoms with E-state index in [2.05, 4.69) is 5.32 Å². The smallest absolute Gasteiger partial charge is 0.349 e. The Kier molecular flexibility index (Phi) is 5.11. The quantitative estimate of drug-likeness (QED) is 0.896. The summed E-state index contributed by atoms with van der Waals surface area (Å²) in [5.41, 5.74) is 5.04. The Hall–Kier alpha value is -1.56. The number of carbonyl (C=O) groups is 1. The van der Waals surface area contributed by atoms with Gasteiger partial charge in [-0.05, 0) is 43.9 Å². The topological polar surface area (TPSA) is 55.1 Å². The van der Waals surface area contributed by atoms with Gasteiger partial charge in [-0.3, -0.25) is 4.79 Å². The van der Waals surface area contributed by atoms with E-state index in [0.29, 0.717) is 6.54 Å². The molecule has 3 atom stereocenters. The lowest BCUT2D eigenvalue weighted by atomic mass is 9.94. The van der Waals surface area contributed by atoms with E-state index in [4.69, 9.17) is 5.73 Å². The maximum absolute atomic E-state index is 13.0. The number of amides is 1. The molecule has 0 spiro atoms. The number of benzene rings is 1. The minimum absolute atomic E-state index is 0.0886. The summed E-state index contributed by atoms with van der Waals surface area (Å²) in [5.74, 6) is -0.256. The molecular formula is C16H21F3N2O. The van der Waals surface area contributed by atoms with Crippen molar-refractivity contribution in [2.24, 2.45) is 17.6 Å². The molecule has 1 aliphatic carbocycles. The molecule has 1 unspecified atom stereocenters. The van der Waals surface area contributed by atoms with Gasteiger partial charge >= 0.3 is 6.18 Å². The lowest BCUT2D eigenvalue weighted by Crippen LogP contribution is -2.37. The van der Waals surface area contributed by atoms with Gasteiger partial charge in [0, 0.05) is 5.92 Å². The molecule has 1 aromatic carbocycles. The van der Waals surface area contributed by atoms with Crippen LogP contribution >= 0.6 is 0 Å². The lowest BCUT2D eigenvalue weighted by molar-refractivity contribution is -0.139. The van der Waals surface area contributed by atoms with E-state index in [9.17, 15) is 18.0 Å². The Labute approximate surface area is 128 Å². The monoisotopic (exact) mass is 314 g/mol. The van der Waals surface area contributed by atoms with Crippen molar-refractivity contribution in [1.29, 1.82) is 0 Å². The van der Waals surface area contributed by atoms with E-state index in [-0.39, 0.29) is 23.3 Å². The average molecular weight is 314 g/mol. The highest BCUT2D eigenvalue weighted by Gasteiger charge is 2.36. The molecular weight excluding hydrogens is 293 g/mol. The first kappa shape index (κ1) is 16.8. The van der Waals surface area contributed by atoms with Crippen molar-refractivity contribution in [2.45, 2.75) is 38.4 Å². The third kappa shape index (κ3) is 3.61. The molecule has 1 aliphatic rings. The van der Waals surface area contributed by atoms with Gasteiger partial charge in [0.15, 0.2) is 0 Å². The van der Waals surface area contributed by atoms with Gasteiger partial charge in [-0.2, -0.15) is 13.2 Å². The van der Waals surface area contributed by atoms with E-state index in [0.717, 1.165) is 25.3 Å². The van der Waals surface area contributed by atoms with E-state index in [1.54, 1.807) is 13.0 Å². The maximum atomic E-state index is 13.0. The zero-order chi connectivity index (χ0) is 16.3. The summed E-state index contributed by atoms with van der Waals surface area (Å²) in [6.45, 7) is 2.01. The van der Waals surface area contributed by atoms with Gasteiger partial charge in [0.25, 0.3) is 0 Å². The fraction of sp³-hybridized carbons (Fsp3) is 0.562. The molecule has 0 radical (unpaired) electrons. The second-order valence-corrected chi connectivity index (χ2v) is 5.85. The van der Waals surface area contributed by atoms with Crippen LogP contribution in [0.4, 0.5) is 13.2 Å². The summed E-state index contributed by atoms with van der Waals surface area (Å²) < 4.78 is 39.1. The van der Waals surface area contributed by atoms with E-state index in [1.165, 1.54) is 12.1 Å². The average Bonchev–Trinajstić information content (AvgIpc) is 2.94. The Morgan fingerprint density at radius 3 is 2.68 bits per heavy atom. The molecule has 1 fully saturated rings. The molecule has 0 saturated heterocycles. The van der Waals surface area contributed by atoms with Crippen molar-refractivity contribution < 1.29 is 18.0 Å². The number of nitrogens with two attached hydrogens (primary N) is 1. The first-order valence-electron chi connectivity index (χ1n) is 7.51. The van der Waals surface area contributed by atoms with Crippen LogP contribution in [-0.4, -0.2) is 12.5 Å². The van der Waals surface area contributed by atoms with Gasteiger partial charge in [-0.15, -0.1) is 0 Å². The zero-order valence-electron chi connectivity index (χ0n) is 12.5. The highest BCUT2D eigenvalue weighted by atomic mass is 19.4. The molecule has 1 amide bonds. The number of halogens is 3. The van der Waals surface area contributed by atoms with Crippen molar-refractivity contribution >= 4 is 5.91 Å². The van der Waals surface area contributed by atoms with Crippen molar-refractivity contribution in [1.82, 2.24) is 5.32 Å². The Bertz CT molecular complexity index is 530. The van der Waals surface area contributed by atoms with Crippen LogP contribution in [0.5, 0.6) is 0 Å². The van der Waals surface area contributed by atoms with Crippen LogP contribution in [0.15, 0.2) is 24.3 Å². The van der Waals surface area contributed by atoms with Crippen molar-refractivity contribution in [2.75, 3.05) is 6.54 Å². The number of hydrogen-bond acceptors (Lipinski definition) is 2. The summed E-state index contributed by atoms with van der Waals surface area (Å²) in [6.07, 6.45) is -1.83. The predicted molar refractivity (Wildman–Crippen MR) is 77.9 cm³/mol.